The Morgan fingerprint density at radius 1 is 1.33 bits per heavy atom. The summed E-state index contributed by atoms with van der Waals surface area (Å²) in [6, 6.07) is 9.16. The van der Waals surface area contributed by atoms with E-state index in [4.69, 9.17) is 10.8 Å². The maximum Gasteiger partial charge on any atom is 0.337 e. The lowest BCUT2D eigenvalue weighted by Gasteiger charge is -2.08. The first-order valence-electron chi connectivity index (χ1n) is 5.30. The SMILES string of the molecule is Cc1ccccc1Sc1cnc(N)cc1C(=O)O. The Bertz CT molecular complexity index is 599. The quantitative estimate of drug-likeness (QED) is 0.887. The van der Waals surface area contributed by atoms with Crippen molar-refractivity contribution in [3.8, 4) is 0 Å². The zero-order valence-corrected chi connectivity index (χ0v) is 10.6. The summed E-state index contributed by atoms with van der Waals surface area (Å²) in [5, 5.41) is 9.14. The first kappa shape index (κ1) is 12.4. The van der Waals surface area contributed by atoms with Gasteiger partial charge in [-0.15, -0.1) is 0 Å². The van der Waals surface area contributed by atoms with Gasteiger partial charge in [0, 0.05) is 16.0 Å². The lowest BCUT2D eigenvalue weighted by atomic mass is 10.2. The molecule has 0 amide bonds. The number of nitrogens with two attached hydrogens (primary N) is 1. The number of hydrogen-bond donors (Lipinski definition) is 2. The first-order valence-corrected chi connectivity index (χ1v) is 6.12. The summed E-state index contributed by atoms with van der Waals surface area (Å²) >= 11 is 1.38. The van der Waals surface area contributed by atoms with E-state index < -0.39 is 5.97 Å². The zero-order valence-electron chi connectivity index (χ0n) is 9.75. The van der Waals surface area contributed by atoms with Crippen molar-refractivity contribution in [1.82, 2.24) is 4.98 Å². The topological polar surface area (TPSA) is 76.2 Å². The number of carboxylic acids is 1. The molecule has 0 atom stereocenters. The monoisotopic (exact) mass is 260 g/mol. The molecule has 0 aliphatic rings. The van der Waals surface area contributed by atoms with Crippen LogP contribution in [0.2, 0.25) is 0 Å². The number of benzene rings is 1. The molecule has 0 aliphatic carbocycles. The minimum absolute atomic E-state index is 0.177. The number of rotatable bonds is 3. The Labute approximate surface area is 109 Å². The van der Waals surface area contributed by atoms with Crippen LogP contribution in [0.5, 0.6) is 0 Å². The molecule has 2 aromatic rings. The predicted molar refractivity (Wildman–Crippen MR) is 70.9 cm³/mol. The van der Waals surface area contributed by atoms with Crippen LogP contribution in [0.3, 0.4) is 0 Å². The Hall–Kier alpha value is -2.01. The van der Waals surface area contributed by atoms with Crippen LogP contribution in [0.25, 0.3) is 0 Å². The molecule has 0 bridgehead atoms. The van der Waals surface area contributed by atoms with Crippen molar-refractivity contribution in [1.29, 1.82) is 0 Å². The number of carboxylic acid groups (broad SMARTS) is 1. The van der Waals surface area contributed by atoms with Gasteiger partial charge in [-0.2, -0.15) is 0 Å². The summed E-state index contributed by atoms with van der Waals surface area (Å²) in [5.74, 6) is -0.790. The summed E-state index contributed by atoms with van der Waals surface area (Å²) in [5.41, 5.74) is 6.77. The first-order chi connectivity index (χ1) is 8.58. The van der Waals surface area contributed by atoms with Crippen molar-refractivity contribution in [2.45, 2.75) is 16.7 Å². The third-order valence-electron chi connectivity index (χ3n) is 2.43. The second-order valence-corrected chi connectivity index (χ2v) is 4.86. The number of hydrogen-bond acceptors (Lipinski definition) is 4. The van der Waals surface area contributed by atoms with Gasteiger partial charge in [-0.05, 0) is 24.6 Å². The molecule has 92 valence electrons. The smallest absolute Gasteiger partial charge is 0.337 e. The molecule has 1 aromatic carbocycles. The molecule has 4 nitrogen and oxygen atoms in total. The maximum atomic E-state index is 11.2. The van der Waals surface area contributed by atoms with Gasteiger partial charge in [0.2, 0.25) is 0 Å². The molecule has 0 saturated heterocycles. The molecule has 0 aliphatic heterocycles. The van der Waals surface area contributed by atoms with Gasteiger partial charge in [-0.3, -0.25) is 0 Å². The van der Waals surface area contributed by atoms with E-state index in [1.165, 1.54) is 24.0 Å². The van der Waals surface area contributed by atoms with E-state index >= 15 is 0 Å². The highest BCUT2D eigenvalue weighted by atomic mass is 32.2. The van der Waals surface area contributed by atoms with E-state index in [1.807, 2.05) is 31.2 Å². The number of aromatic carboxylic acids is 1. The van der Waals surface area contributed by atoms with E-state index in [-0.39, 0.29) is 11.4 Å². The molecule has 18 heavy (non-hydrogen) atoms. The Kier molecular flexibility index (Phi) is 3.53. The zero-order chi connectivity index (χ0) is 13.1. The Morgan fingerprint density at radius 2 is 2.06 bits per heavy atom. The summed E-state index contributed by atoms with van der Waals surface area (Å²) in [6.07, 6.45) is 1.50. The van der Waals surface area contributed by atoms with Crippen LogP contribution in [-0.4, -0.2) is 16.1 Å². The largest absolute Gasteiger partial charge is 0.478 e. The number of carbonyl (C=O) groups is 1. The van der Waals surface area contributed by atoms with Gasteiger partial charge in [0.1, 0.15) is 5.82 Å². The number of aryl methyl sites for hydroxylation is 1. The van der Waals surface area contributed by atoms with Crippen molar-refractivity contribution >= 4 is 23.5 Å². The molecule has 5 heteroatoms. The van der Waals surface area contributed by atoms with Crippen molar-refractivity contribution < 1.29 is 9.90 Å². The molecule has 0 fully saturated rings. The highest BCUT2D eigenvalue weighted by molar-refractivity contribution is 7.99. The van der Waals surface area contributed by atoms with Gasteiger partial charge < -0.3 is 10.8 Å². The molecule has 0 radical (unpaired) electrons. The molecule has 1 heterocycles. The average molecular weight is 260 g/mol. The minimum Gasteiger partial charge on any atom is -0.478 e. The lowest BCUT2D eigenvalue weighted by Crippen LogP contribution is -2.02. The number of pyridine rings is 1. The highest BCUT2D eigenvalue weighted by Gasteiger charge is 2.13. The van der Waals surface area contributed by atoms with Gasteiger partial charge in [-0.1, -0.05) is 30.0 Å². The van der Waals surface area contributed by atoms with Crippen LogP contribution in [-0.2, 0) is 0 Å². The van der Waals surface area contributed by atoms with E-state index in [2.05, 4.69) is 4.98 Å². The van der Waals surface area contributed by atoms with Gasteiger partial charge in [-0.25, -0.2) is 9.78 Å². The van der Waals surface area contributed by atoms with Crippen LogP contribution in [0.1, 0.15) is 15.9 Å². The summed E-state index contributed by atoms with van der Waals surface area (Å²) < 4.78 is 0. The predicted octanol–water partition coefficient (Wildman–Crippen LogP) is 2.82. The molecule has 0 unspecified atom stereocenters. The molecular formula is C13H12N2O2S. The Balaban J connectivity index is 2.41. The fourth-order valence-corrected chi connectivity index (χ4v) is 2.47. The van der Waals surface area contributed by atoms with Crippen molar-refractivity contribution in [3.05, 3.63) is 47.7 Å². The third kappa shape index (κ3) is 2.62. The summed E-state index contributed by atoms with van der Waals surface area (Å²) in [4.78, 5) is 16.7. The standard InChI is InChI=1S/C13H12N2O2S/c1-8-4-2-3-5-10(8)18-11-7-15-12(14)6-9(11)13(16)17/h2-7H,1H3,(H2,14,15)(H,16,17). The number of nitrogens with zero attached hydrogens (tertiary/aromatic N) is 1. The number of anilines is 1. The Morgan fingerprint density at radius 3 is 2.72 bits per heavy atom. The average Bonchev–Trinajstić information content (AvgIpc) is 2.34. The maximum absolute atomic E-state index is 11.2. The lowest BCUT2D eigenvalue weighted by molar-refractivity contribution is 0.0693. The van der Waals surface area contributed by atoms with E-state index in [9.17, 15) is 4.79 Å². The van der Waals surface area contributed by atoms with Crippen molar-refractivity contribution in [2.24, 2.45) is 0 Å². The molecule has 3 N–H and O–H groups in total. The fraction of sp³-hybridized carbons (Fsp3) is 0.0769. The van der Waals surface area contributed by atoms with E-state index in [1.54, 1.807) is 0 Å². The van der Waals surface area contributed by atoms with E-state index in [0.29, 0.717) is 4.90 Å². The normalized spacial score (nSPS) is 10.3. The molecule has 1 aromatic heterocycles. The molecule has 0 spiro atoms. The third-order valence-corrected chi connectivity index (χ3v) is 3.66. The van der Waals surface area contributed by atoms with Crippen LogP contribution in [0.4, 0.5) is 5.82 Å². The number of aromatic nitrogens is 1. The highest BCUT2D eigenvalue weighted by Crippen LogP contribution is 2.32. The van der Waals surface area contributed by atoms with Gasteiger partial charge in [0.05, 0.1) is 5.56 Å². The second kappa shape index (κ2) is 5.10. The van der Waals surface area contributed by atoms with Crippen LogP contribution in [0.15, 0.2) is 46.3 Å². The molecule has 2 rings (SSSR count). The molecule has 0 saturated carbocycles. The van der Waals surface area contributed by atoms with Crippen molar-refractivity contribution in [3.63, 3.8) is 0 Å². The summed E-state index contributed by atoms with van der Waals surface area (Å²) in [6.45, 7) is 1.98. The second-order valence-electron chi connectivity index (χ2n) is 3.78. The molecular weight excluding hydrogens is 248 g/mol. The fourth-order valence-electron chi connectivity index (χ4n) is 1.50. The summed E-state index contributed by atoms with van der Waals surface area (Å²) in [7, 11) is 0. The van der Waals surface area contributed by atoms with E-state index in [0.717, 1.165) is 10.5 Å². The van der Waals surface area contributed by atoms with Gasteiger partial charge in [0.15, 0.2) is 0 Å². The van der Waals surface area contributed by atoms with Gasteiger partial charge >= 0.3 is 5.97 Å². The minimum atomic E-state index is -1.000. The van der Waals surface area contributed by atoms with Crippen LogP contribution < -0.4 is 5.73 Å². The van der Waals surface area contributed by atoms with Crippen LogP contribution in [0, 0.1) is 6.92 Å². The number of nitrogen functional groups attached to an aromatic ring is 1. The van der Waals surface area contributed by atoms with Crippen LogP contribution >= 0.6 is 11.8 Å². The van der Waals surface area contributed by atoms with Gasteiger partial charge in [0.25, 0.3) is 0 Å². The van der Waals surface area contributed by atoms with Crippen molar-refractivity contribution in [2.75, 3.05) is 5.73 Å².